The van der Waals surface area contributed by atoms with Crippen molar-refractivity contribution in [2.45, 2.75) is 89.9 Å². The molecule has 0 atom stereocenters. The smallest absolute Gasteiger partial charge is 0.195 e. The first-order chi connectivity index (χ1) is 15.7. The van der Waals surface area contributed by atoms with Crippen LogP contribution in [0, 0.1) is 29.1 Å². The zero-order chi connectivity index (χ0) is 22.6. The number of benzene rings is 1. The highest BCUT2D eigenvalue weighted by atomic mass is 19.1. The summed E-state index contributed by atoms with van der Waals surface area (Å²) in [7, 11) is 0. The van der Waals surface area contributed by atoms with Crippen molar-refractivity contribution in [2.24, 2.45) is 17.8 Å². The summed E-state index contributed by atoms with van der Waals surface area (Å²) in [5.74, 6) is 2.37. The monoisotopic (exact) mass is 433 g/mol. The summed E-state index contributed by atoms with van der Waals surface area (Å²) in [6.07, 6.45) is 25.1. The van der Waals surface area contributed by atoms with Gasteiger partial charge in [0.2, 0.25) is 0 Å². The van der Waals surface area contributed by atoms with Crippen molar-refractivity contribution >= 4 is 0 Å². The fourth-order valence-corrected chi connectivity index (χ4v) is 5.49. The third-order valence-electron chi connectivity index (χ3n) is 7.54. The van der Waals surface area contributed by atoms with Gasteiger partial charge in [-0.15, -0.1) is 0 Å². The molecular formula is C30H40FN. The maximum atomic E-state index is 12.7. The van der Waals surface area contributed by atoms with Crippen molar-refractivity contribution in [3.63, 3.8) is 0 Å². The molecule has 1 aromatic rings. The number of nitrogens with zero attached hydrogens (tertiary/aromatic N) is 1. The SMILES string of the molecule is CCCc1ccc(C2CCC(/C=C/C3CCC(CCC=CC=C(F)C#N)CC3)CC2)cc1. The minimum absolute atomic E-state index is 0.719. The molecule has 0 heterocycles. The van der Waals surface area contributed by atoms with Gasteiger partial charge in [-0.2, -0.15) is 9.65 Å². The second-order valence-corrected chi connectivity index (χ2v) is 9.90. The van der Waals surface area contributed by atoms with Crippen molar-refractivity contribution in [2.75, 3.05) is 0 Å². The lowest BCUT2D eigenvalue weighted by Crippen LogP contribution is -2.14. The average molecular weight is 434 g/mol. The first-order valence-corrected chi connectivity index (χ1v) is 12.9. The van der Waals surface area contributed by atoms with Gasteiger partial charge in [-0.05, 0) is 112 Å². The molecule has 2 saturated carbocycles. The first-order valence-electron chi connectivity index (χ1n) is 12.9. The van der Waals surface area contributed by atoms with Crippen molar-refractivity contribution < 1.29 is 4.39 Å². The summed E-state index contributed by atoms with van der Waals surface area (Å²) in [4.78, 5) is 0. The van der Waals surface area contributed by atoms with E-state index in [9.17, 15) is 4.39 Å². The van der Waals surface area contributed by atoms with Gasteiger partial charge >= 0.3 is 0 Å². The molecule has 0 amide bonds. The lowest BCUT2D eigenvalue weighted by molar-refractivity contribution is 0.295. The molecule has 2 fully saturated rings. The molecule has 0 aliphatic heterocycles. The van der Waals surface area contributed by atoms with E-state index >= 15 is 0 Å². The molecule has 1 aromatic carbocycles. The van der Waals surface area contributed by atoms with Crippen LogP contribution in [-0.4, -0.2) is 0 Å². The highest BCUT2D eigenvalue weighted by Gasteiger charge is 2.22. The highest BCUT2D eigenvalue weighted by Crippen LogP contribution is 2.38. The third kappa shape index (κ3) is 8.09. The Bertz CT molecular complexity index is 794. The molecule has 172 valence electrons. The minimum Gasteiger partial charge on any atom is -0.195 e. The van der Waals surface area contributed by atoms with E-state index in [2.05, 4.69) is 43.3 Å². The van der Waals surface area contributed by atoms with Crippen LogP contribution in [0.15, 0.2) is 60.5 Å². The van der Waals surface area contributed by atoms with Gasteiger partial charge < -0.3 is 0 Å². The quantitative estimate of drug-likeness (QED) is 0.216. The molecule has 1 nitrogen and oxygen atoms in total. The van der Waals surface area contributed by atoms with Gasteiger partial charge in [-0.1, -0.05) is 61.9 Å². The number of rotatable bonds is 9. The Labute approximate surface area is 195 Å². The summed E-state index contributed by atoms with van der Waals surface area (Å²) in [6, 6.07) is 10.9. The van der Waals surface area contributed by atoms with E-state index in [0.717, 1.165) is 30.1 Å². The largest absolute Gasteiger partial charge is 0.199 e. The molecular weight excluding hydrogens is 393 g/mol. The molecule has 32 heavy (non-hydrogen) atoms. The van der Waals surface area contributed by atoms with Crippen LogP contribution in [0.2, 0.25) is 0 Å². The van der Waals surface area contributed by atoms with E-state index in [1.807, 2.05) is 6.08 Å². The molecule has 0 unspecified atom stereocenters. The predicted octanol–water partition coefficient (Wildman–Crippen LogP) is 8.99. The van der Waals surface area contributed by atoms with Crippen LogP contribution in [-0.2, 0) is 6.42 Å². The van der Waals surface area contributed by atoms with Crippen molar-refractivity contribution in [3.8, 4) is 6.07 Å². The number of hydrogen-bond acceptors (Lipinski definition) is 1. The minimum atomic E-state index is -0.719. The van der Waals surface area contributed by atoms with Crippen LogP contribution in [0.25, 0.3) is 0 Å². The van der Waals surface area contributed by atoms with Crippen LogP contribution in [0.4, 0.5) is 4.39 Å². The Kier molecular flexibility index (Phi) is 10.3. The fraction of sp³-hybridized carbons (Fsp3) is 0.567. The van der Waals surface area contributed by atoms with E-state index in [1.54, 1.807) is 11.6 Å². The van der Waals surface area contributed by atoms with Gasteiger partial charge in [0.25, 0.3) is 0 Å². The fourth-order valence-electron chi connectivity index (χ4n) is 5.49. The topological polar surface area (TPSA) is 23.8 Å². The number of allylic oxidation sites excluding steroid dienone is 6. The van der Waals surface area contributed by atoms with E-state index in [-0.39, 0.29) is 0 Å². The van der Waals surface area contributed by atoms with Crippen LogP contribution in [0.1, 0.15) is 94.6 Å². The van der Waals surface area contributed by atoms with Crippen LogP contribution in [0.5, 0.6) is 0 Å². The summed E-state index contributed by atoms with van der Waals surface area (Å²) in [5, 5.41) is 8.40. The number of hydrogen-bond donors (Lipinski definition) is 0. The molecule has 0 aromatic heterocycles. The van der Waals surface area contributed by atoms with E-state index < -0.39 is 5.83 Å². The summed E-state index contributed by atoms with van der Waals surface area (Å²) in [5.41, 5.74) is 3.02. The Balaban J connectivity index is 1.33. The number of halogens is 1. The molecule has 0 bridgehead atoms. The van der Waals surface area contributed by atoms with E-state index in [4.69, 9.17) is 5.26 Å². The lowest BCUT2D eigenvalue weighted by Gasteiger charge is -2.29. The second kappa shape index (κ2) is 13.4. The van der Waals surface area contributed by atoms with Crippen LogP contribution in [0.3, 0.4) is 0 Å². The second-order valence-electron chi connectivity index (χ2n) is 9.90. The maximum Gasteiger partial charge on any atom is 0.199 e. The van der Waals surface area contributed by atoms with Gasteiger partial charge in [0, 0.05) is 0 Å². The van der Waals surface area contributed by atoms with E-state index in [0.29, 0.717) is 0 Å². The van der Waals surface area contributed by atoms with Gasteiger partial charge in [0.05, 0.1) is 0 Å². The first kappa shape index (κ1) is 24.5. The third-order valence-corrected chi connectivity index (χ3v) is 7.54. The molecule has 3 rings (SSSR count). The zero-order valence-corrected chi connectivity index (χ0v) is 19.8. The van der Waals surface area contributed by atoms with Gasteiger partial charge in [0.1, 0.15) is 6.07 Å². The van der Waals surface area contributed by atoms with E-state index in [1.165, 1.54) is 88.3 Å². The van der Waals surface area contributed by atoms with Crippen molar-refractivity contribution in [3.05, 3.63) is 71.6 Å². The van der Waals surface area contributed by atoms with Crippen LogP contribution >= 0.6 is 0 Å². The van der Waals surface area contributed by atoms with Gasteiger partial charge in [-0.25, -0.2) is 0 Å². The molecule has 2 aliphatic carbocycles. The van der Waals surface area contributed by atoms with Gasteiger partial charge in [-0.3, -0.25) is 0 Å². The maximum absolute atomic E-state index is 12.7. The molecule has 0 radical (unpaired) electrons. The Morgan fingerprint density at radius 3 is 2.19 bits per heavy atom. The molecule has 0 spiro atoms. The Hall–Kier alpha value is -2.14. The molecule has 0 saturated heterocycles. The van der Waals surface area contributed by atoms with Gasteiger partial charge in [0.15, 0.2) is 5.83 Å². The number of nitriles is 1. The molecule has 2 heteroatoms. The summed E-state index contributed by atoms with van der Waals surface area (Å²) >= 11 is 0. The molecule has 0 N–H and O–H groups in total. The normalized spacial score (nSPS) is 27.1. The van der Waals surface area contributed by atoms with Crippen molar-refractivity contribution in [1.82, 2.24) is 0 Å². The predicted molar refractivity (Wildman–Crippen MR) is 133 cm³/mol. The summed E-state index contributed by atoms with van der Waals surface area (Å²) < 4.78 is 12.7. The van der Waals surface area contributed by atoms with Crippen molar-refractivity contribution in [1.29, 1.82) is 5.26 Å². The summed E-state index contributed by atoms with van der Waals surface area (Å²) in [6.45, 7) is 2.25. The molecule has 2 aliphatic rings. The average Bonchev–Trinajstić information content (AvgIpc) is 2.84. The lowest BCUT2D eigenvalue weighted by atomic mass is 9.77. The highest BCUT2D eigenvalue weighted by molar-refractivity contribution is 5.26. The zero-order valence-electron chi connectivity index (χ0n) is 19.8. The van der Waals surface area contributed by atoms with Crippen LogP contribution < -0.4 is 0 Å². The number of aryl methyl sites for hydroxylation is 1. The standard InChI is InChI=1S/C30H40FN/c1-2-6-24-15-19-28(20-16-24)29-21-17-27(18-22-29)14-13-26-11-9-25(10-12-26)7-4-3-5-8-30(31)23-32/h3,5,8,13-16,19-20,25-27,29H,2,4,6-7,9-12,17-18,21-22H2,1H3/b5-3?,14-13+,30-8?. The Morgan fingerprint density at radius 2 is 1.59 bits per heavy atom. The Morgan fingerprint density at radius 1 is 0.969 bits per heavy atom.